The van der Waals surface area contributed by atoms with Gasteiger partial charge in [-0.3, -0.25) is 4.79 Å². The SMILES string of the molecule is COCCCNc1ccc(C(=O)Nc2ccc(C)c(Br)c2)nc1. The lowest BCUT2D eigenvalue weighted by Gasteiger charge is -2.08. The van der Waals surface area contributed by atoms with E-state index in [9.17, 15) is 4.79 Å². The fourth-order valence-electron chi connectivity index (χ4n) is 1.95. The molecule has 1 aromatic carbocycles. The predicted molar refractivity (Wildman–Crippen MR) is 96.1 cm³/mol. The second-order valence-electron chi connectivity index (χ2n) is 5.12. The van der Waals surface area contributed by atoms with Gasteiger partial charge in [0.05, 0.1) is 11.9 Å². The van der Waals surface area contributed by atoms with Gasteiger partial charge in [0.15, 0.2) is 0 Å². The van der Waals surface area contributed by atoms with Crippen molar-refractivity contribution >= 4 is 33.2 Å². The Morgan fingerprint density at radius 3 is 2.70 bits per heavy atom. The number of methoxy groups -OCH3 is 1. The van der Waals surface area contributed by atoms with E-state index in [1.807, 2.05) is 31.2 Å². The van der Waals surface area contributed by atoms with Crippen LogP contribution in [0.4, 0.5) is 11.4 Å². The Hall–Kier alpha value is -1.92. The number of rotatable bonds is 7. The maximum Gasteiger partial charge on any atom is 0.274 e. The number of carbonyl (C=O) groups is 1. The first-order valence-electron chi connectivity index (χ1n) is 7.36. The number of ether oxygens (including phenoxy) is 1. The number of anilines is 2. The molecule has 0 saturated carbocycles. The first kappa shape index (κ1) is 17.4. The van der Waals surface area contributed by atoms with Crippen molar-refractivity contribution in [2.24, 2.45) is 0 Å². The minimum absolute atomic E-state index is 0.230. The molecule has 1 heterocycles. The van der Waals surface area contributed by atoms with Gasteiger partial charge in [-0.2, -0.15) is 0 Å². The number of aromatic nitrogens is 1. The maximum atomic E-state index is 12.2. The number of carbonyl (C=O) groups excluding carboxylic acids is 1. The molecular formula is C17H20BrN3O2. The molecule has 0 aliphatic rings. The number of nitrogens with one attached hydrogen (secondary N) is 2. The number of amides is 1. The van der Waals surface area contributed by atoms with Crippen LogP contribution in [-0.4, -0.2) is 31.2 Å². The van der Waals surface area contributed by atoms with Crippen molar-refractivity contribution in [3.05, 3.63) is 52.3 Å². The first-order valence-corrected chi connectivity index (χ1v) is 8.16. The van der Waals surface area contributed by atoms with Crippen molar-refractivity contribution in [2.45, 2.75) is 13.3 Å². The number of nitrogens with zero attached hydrogens (tertiary/aromatic N) is 1. The fourth-order valence-corrected chi connectivity index (χ4v) is 2.33. The van der Waals surface area contributed by atoms with Crippen LogP contribution in [0, 0.1) is 6.92 Å². The largest absolute Gasteiger partial charge is 0.385 e. The van der Waals surface area contributed by atoms with Crippen LogP contribution in [0.3, 0.4) is 0 Å². The molecule has 0 fully saturated rings. The summed E-state index contributed by atoms with van der Waals surface area (Å²) in [5.74, 6) is -0.230. The average Bonchev–Trinajstić information content (AvgIpc) is 2.55. The molecule has 0 spiro atoms. The van der Waals surface area contributed by atoms with Crippen LogP contribution in [0.1, 0.15) is 22.5 Å². The number of hydrogen-bond donors (Lipinski definition) is 2. The van der Waals surface area contributed by atoms with Gasteiger partial charge in [-0.05, 0) is 43.2 Å². The highest BCUT2D eigenvalue weighted by Gasteiger charge is 2.08. The summed E-state index contributed by atoms with van der Waals surface area (Å²) in [4.78, 5) is 16.4. The topological polar surface area (TPSA) is 63.2 Å². The van der Waals surface area contributed by atoms with E-state index in [-0.39, 0.29) is 5.91 Å². The molecule has 1 aromatic heterocycles. The fraction of sp³-hybridized carbons (Fsp3) is 0.294. The molecule has 0 atom stereocenters. The molecular weight excluding hydrogens is 358 g/mol. The van der Waals surface area contributed by atoms with E-state index in [4.69, 9.17) is 4.74 Å². The standard InChI is InChI=1S/C17H20BrN3O2/c1-12-4-5-13(10-15(12)18)21-17(22)16-7-6-14(11-20-16)19-8-3-9-23-2/h4-7,10-11,19H,3,8-9H2,1-2H3,(H,21,22). The molecule has 0 bridgehead atoms. The number of halogens is 1. The molecule has 0 aliphatic carbocycles. The van der Waals surface area contributed by atoms with Crippen LogP contribution < -0.4 is 10.6 Å². The maximum absolute atomic E-state index is 12.2. The van der Waals surface area contributed by atoms with Crippen molar-refractivity contribution in [3.63, 3.8) is 0 Å². The van der Waals surface area contributed by atoms with Crippen LogP contribution in [0.25, 0.3) is 0 Å². The van der Waals surface area contributed by atoms with Crippen LogP contribution in [0.2, 0.25) is 0 Å². The quantitative estimate of drug-likeness (QED) is 0.719. The summed E-state index contributed by atoms with van der Waals surface area (Å²) < 4.78 is 5.95. The highest BCUT2D eigenvalue weighted by Crippen LogP contribution is 2.21. The number of aryl methyl sites for hydroxylation is 1. The lowest BCUT2D eigenvalue weighted by Crippen LogP contribution is -2.14. The lowest BCUT2D eigenvalue weighted by molar-refractivity contribution is 0.102. The summed E-state index contributed by atoms with van der Waals surface area (Å²) in [6, 6.07) is 9.24. The second kappa shape index (κ2) is 8.64. The van der Waals surface area contributed by atoms with E-state index in [1.165, 1.54) is 0 Å². The van der Waals surface area contributed by atoms with Gasteiger partial charge in [0.2, 0.25) is 0 Å². The Labute approximate surface area is 144 Å². The minimum atomic E-state index is -0.230. The average molecular weight is 378 g/mol. The van der Waals surface area contributed by atoms with Gasteiger partial charge in [-0.25, -0.2) is 4.98 Å². The van der Waals surface area contributed by atoms with Crippen LogP contribution >= 0.6 is 15.9 Å². The molecule has 1 amide bonds. The van der Waals surface area contributed by atoms with Gasteiger partial charge < -0.3 is 15.4 Å². The Kier molecular flexibility index (Phi) is 6.55. The Morgan fingerprint density at radius 1 is 1.26 bits per heavy atom. The summed E-state index contributed by atoms with van der Waals surface area (Å²) in [6.45, 7) is 3.51. The highest BCUT2D eigenvalue weighted by atomic mass is 79.9. The van der Waals surface area contributed by atoms with Crippen molar-refractivity contribution < 1.29 is 9.53 Å². The van der Waals surface area contributed by atoms with Gasteiger partial charge in [0, 0.05) is 30.4 Å². The second-order valence-corrected chi connectivity index (χ2v) is 5.98. The summed E-state index contributed by atoms with van der Waals surface area (Å²) in [5.41, 5.74) is 3.11. The van der Waals surface area contributed by atoms with Gasteiger partial charge in [-0.15, -0.1) is 0 Å². The molecule has 2 aromatic rings. The molecule has 0 radical (unpaired) electrons. The highest BCUT2D eigenvalue weighted by molar-refractivity contribution is 9.10. The molecule has 23 heavy (non-hydrogen) atoms. The van der Waals surface area contributed by atoms with Crippen molar-refractivity contribution in [1.82, 2.24) is 4.98 Å². The third kappa shape index (κ3) is 5.33. The van der Waals surface area contributed by atoms with Crippen LogP contribution in [-0.2, 0) is 4.74 Å². The molecule has 0 saturated heterocycles. The van der Waals surface area contributed by atoms with Crippen molar-refractivity contribution in [3.8, 4) is 0 Å². The Balaban J connectivity index is 1.93. The smallest absolute Gasteiger partial charge is 0.274 e. The van der Waals surface area contributed by atoms with Gasteiger partial charge in [0.1, 0.15) is 5.69 Å². The van der Waals surface area contributed by atoms with Crippen molar-refractivity contribution in [1.29, 1.82) is 0 Å². The van der Waals surface area contributed by atoms with E-state index in [0.717, 1.165) is 34.4 Å². The normalized spacial score (nSPS) is 10.4. The van der Waals surface area contributed by atoms with Crippen LogP contribution in [0.15, 0.2) is 41.0 Å². The number of hydrogen-bond acceptors (Lipinski definition) is 4. The monoisotopic (exact) mass is 377 g/mol. The zero-order chi connectivity index (χ0) is 16.7. The third-order valence-corrected chi connectivity index (χ3v) is 4.13. The van der Waals surface area contributed by atoms with E-state index < -0.39 is 0 Å². The zero-order valence-corrected chi connectivity index (χ0v) is 14.8. The summed E-state index contributed by atoms with van der Waals surface area (Å²) in [7, 11) is 1.68. The summed E-state index contributed by atoms with van der Waals surface area (Å²) in [6.07, 6.45) is 2.58. The van der Waals surface area contributed by atoms with Gasteiger partial charge in [0.25, 0.3) is 5.91 Å². The molecule has 0 unspecified atom stereocenters. The minimum Gasteiger partial charge on any atom is -0.385 e. The van der Waals surface area contributed by atoms with E-state index in [1.54, 1.807) is 19.4 Å². The summed E-state index contributed by atoms with van der Waals surface area (Å²) in [5, 5.41) is 6.07. The third-order valence-electron chi connectivity index (χ3n) is 3.28. The molecule has 122 valence electrons. The Morgan fingerprint density at radius 2 is 2.04 bits per heavy atom. The Bertz CT molecular complexity index is 659. The predicted octanol–water partition coefficient (Wildman–Crippen LogP) is 3.85. The summed E-state index contributed by atoms with van der Waals surface area (Å²) >= 11 is 3.45. The van der Waals surface area contributed by atoms with E-state index in [0.29, 0.717) is 12.3 Å². The first-order chi connectivity index (χ1) is 11.1. The molecule has 6 heteroatoms. The zero-order valence-electron chi connectivity index (χ0n) is 13.2. The van der Waals surface area contributed by atoms with Crippen LogP contribution in [0.5, 0.6) is 0 Å². The molecule has 0 aliphatic heterocycles. The van der Waals surface area contributed by atoms with E-state index in [2.05, 4.69) is 31.5 Å². The van der Waals surface area contributed by atoms with Gasteiger partial charge in [-0.1, -0.05) is 22.0 Å². The van der Waals surface area contributed by atoms with Gasteiger partial charge >= 0.3 is 0 Å². The number of pyridine rings is 1. The van der Waals surface area contributed by atoms with Crippen molar-refractivity contribution in [2.75, 3.05) is 30.9 Å². The number of benzene rings is 1. The lowest BCUT2D eigenvalue weighted by atomic mass is 10.2. The molecule has 2 rings (SSSR count). The van der Waals surface area contributed by atoms with E-state index >= 15 is 0 Å². The molecule has 5 nitrogen and oxygen atoms in total. The molecule has 2 N–H and O–H groups in total.